The van der Waals surface area contributed by atoms with E-state index in [-0.39, 0.29) is 18.0 Å². The summed E-state index contributed by atoms with van der Waals surface area (Å²) in [6, 6.07) is 5.92. The van der Waals surface area contributed by atoms with Crippen LogP contribution < -0.4 is 10.9 Å². The van der Waals surface area contributed by atoms with Gasteiger partial charge in [0.2, 0.25) is 5.91 Å². The average molecular weight is 339 g/mol. The zero-order valence-electron chi connectivity index (χ0n) is 14.6. The van der Waals surface area contributed by atoms with Crippen LogP contribution in [0.3, 0.4) is 0 Å². The fraction of sp³-hybridized carbons (Fsp3) is 0.333. The van der Waals surface area contributed by atoms with Crippen LogP contribution in [0.5, 0.6) is 0 Å². The largest absolute Gasteiger partial charge is 0.355 e. The summed E-state index contributed by atoms with van der Waals surface area (Å²) in [6.45, 7) is 6.56. The van der Waals surface area contributed by atoms with Crippen LogP contribution in [0.15, 0.2) is 35.5 Å². The van der Waals surface area contributed by atoms with E-state index in [1.54, 1.807) is 4.68 Å². The van der Waals surface area contributed by atoms with Crippen LogP contribution in [-0.2, 0) is 11.3 Å². The molecule has 0 spiro atoms. The van der Waals surface area contributed by atoms with Crippen molar-refractivity contribution in [2.45, 2.75) is 33.7 Å². The van der Waals surface area contributed by atoms with Crippen LogP contribution in [-0.4, -0.2) is 31.8 Å². The Balaban J connectivity index is 2.01. The Hall–Kier alpha value is -2.96. The predicted octanol–water partition coefficient (Wildman–Crippen LogP) is 1.73. The fourth-order valence-electron chi connectivity index (χ4n) is 2.68. The molecule has 3 rings (SSSR count). The van der Waals surface area contributed by atoms with Gasteiger partial charge in [0.1, 0.15) is 18.3 Å². The number of aryl methyl sites for hydroxylation is 1. The minimum atomic E-state index is -0.270. The van der Waals surface area contributed by atoms with Crippen molar-refractivity contribution in [1.29, 1.82) is 0 Å². The van der Waals surface area contributed by atoms with Gasteiger partial charge in [-0.2, -0.15) is 5.10 Å². The fourth-order valence-corrected chi connectivity index (χ4v) is 2.68. The Morgan fingerprint density at radius 3 is 2.84 bits per heavy atom. The molecule has 1 amide bonds. The highest BCUT2D eigenvalue weighted by molar-refractivity contribution is 5.78. The van der Waals surface area contributed by atoms with Crippen molar-refractivity contribution < 1.29 is 4.79 Å². The molecule has 3 aromatic rings. The van der Waals surface area contributed by atoms with Crippen molar-refractivity contribution in [3.05, 3.63) is 52.2 Å². The van der Waals surface area contributed by atoms with Crippen molar-refractivity contribution in [3.8, 4) is 5.69 Å². The summed E-state index contributed by atoms with van der Waals surface area (Å²) in [4.78, 5) is 28.8. The van der Waals surface area contributed by atoms with Crippen molar-refractivity contribution in [3.63, 3.8) is 0 Å². The van der Waals surface area contributed by atoms with Gasteiger partial charge in [-0.3, -0.25) is 14.2 Å². The number of amides is 1. The van der Waals surface area contributed by atoms with Gasteiger partial charge in [0.15, 0.2) is 5.65 Å². The van der Waals surface area contributed by atoms with Crippen LogP contribution in [0.2, 0.25) is 0 Å². The molecule has 0 aliphatic rings. The first-order valence-electron chi connectivity index (χ1n) is 8.29. The first-order valence-corrected chi connectivity index (χ1v) is 8.29. The Morgan fingerprint density at radius 2 is 2.08 bits per heavy atom. The average Bonchev–Trinajstić information content (AvgIpc) is 3.02. The number of carbonyl (C=O) groups is 1. The van der Waals surface area contributed by atoms with Gasteiger partial charge < -0.3 is 5.32 Å². The second-order valence-corrected chi connectivity index (χ2v) is 6.04. The zero-order chi connectivity index (χ0) is 18.0. The third-order valence-corrected chi connectivity index (χ3v) is 4.24. The molecule has 7 nitrogen and oxygen atoms in total. The molecule has 2 heterocycles. The summed E-state index contributed by atoms with van der Waals surface area (Å²) < 4.78 is 2.98. The first kappa shape index (κ1) is 16.9. The van der Waals surface area contributed by atoms with Gasteiger partial charge in [-0.05, 0) is 37.5 Å². The monoisotopic (exact) mass is 339 g/mol. The number of hydrogen-bond acceptors (Lipinski definition) is 4. The van der Waals surface area contributed by atoms with E-state index in [1.807, 2.05) is 39.0 Å². The van der Waals surface area contributed by atoms with Crippen LogP contribution in [0.4, 0.5) is 0 Å². The maximum atomic E-state index is 12.6. The van der Waals surface area contributed by atoms with E-state index in [0.29, 0.717) is 17.6 Å². The summed E-state index contributed by atoms with van der Waals surface area (Å²) >= 11 is 0. The second-order valence-electron chi connectivity index (χ2n) is 6.04. The van der Waals surface area contributed by atoms with E-state index < -0.39 is 0 Å². The molecular formula is C18H21N5O2. The Kier molecular flexibility index (Phi) is 4.65. The smallest absolute Gasteiger partial charge is 0.264 e. The molecule has 2 aromatic heterocycles. The molecule has 0 aliphatic carbocycles. The topological polar surface area (TPSA) is 81.8 Å². The molecule has 7 heteroatoms. The van der Waals surface area contributed by atoms with Gasteiger partial charge in [-0.15, -0.1) is 0 Å². The van der Waals surface area contributed by atoms with Crippen molar-refractivity contribution >= 4 is 16.9 Å². The van der Waals surface area contributed by atoms with Gasteiger partial charge in [0.25, 0.3) is 5.56 Å². The maximum Gasteiger partial charge on any atom is 0.264 e. The zero-order valence-corrected chi connectivity index (χ0v) is 14.6. The van der Waals surface area contributed by atoms with Crippen LogP contribution in [0.1, 0.15) is 24.5 Å². The Bertz CT molecular complexity index is 987. The quantitative estimate of drug-likeness (QED) is 0.767. The van der Waals surface area contributed by atoms with E-state index in [1.165, 1.54) is 17.1 Å². The number of benzene rings is 1. The lowest BCUT2D eigenvalue weighted by Crippen LogP contribution is -2.32. The van der Waals surface area contributed by atoms with E-state index in [0.717, 1.165) is 23.2 Å². The molecule has 1 aromatic carbocycles. The molecule has 0 bridgehead atoms. The van der Waals surface area contributed by atoms with E-state index in [4.69, 9.17) is 0 Å². The lowest BCUT2D eigenvalue weighted by atomic mass is 10.1. The normalized spacial score (nSPS) is 11.0. The van der Waals surface area contributed by atoms with Gasteiger partial charge in [-0.1, -0.05) is 19.1 Å². The highest BCUT2D eigenvalue weighted by atomic mass is 16.2. The van der Waals surface area contributed by atoms with Gasteiger partial charge in [0, 0.05) is 6.54 Å². The van der Waals surface area contributed by atoms with Gasteiger partial charge in [-0.25, -0.2) is 9.67 Å². The van der Waals surface area contributed by atoms with Crippen LogP contribution >= 0.6 is 0 Å². The Morgan fingerprint density at radius 1 is 1.28 bits per heavy atom. The molecule has 0 radical (unpaired) electrons. The number of nitrogens with one attached hydrogen (secondary N) is 1. The number of fused-ring (bicyclic) bond motifs is 1. The van der Waals surface area contributed by atoms with E-state index >= 15 is 0 Å². The Labute approximate surface area is 145 Å². The first-order chi connectivity index (χ1) is 12.0. The summed E-state index contributed by atoms with van der Waals surface area (Å²) in [5.41, 5.74) is 3.33. The van der Waals surface area contributed by atoms with Crippen LogP contribution in [0.25, 0.3) is 16.7 Å². The number of hydrogen-bond donors (Lipinski definition) is 1. The van der Waals surface area contributed by atoms with E-state index in [9.17, 15) is 9.59 Å². The molecule has 0 aliphatic heterocycles. The SMILES string of the molecule is CCCNC(=O)Cn1cnc2c(cnn2-c2cccc(C)c2C)c1=O. The summed E-state index contributed by atoms with van der Waals surface area (Å²) in [6.07, 6.45) is 3.76. The highest BCUT2D eigenvalue weighted by Gasteiger charge is 2.14. The van der Waals surface area contributed by atoms with Crippen molar-refractivity contribution in [2.24, 2.45) is 0 Å². The van der Waals surface area contributed by atoms with Gasteiger partial charge >= 0.3 is 0 Å². The molecule has 130 valence electrons. The number of aromatic nitrogens is 4. The summed E-state index contributed by atoms with van der Waals surface area (Å²) in [5.74, 6) is -0.202. The lowest BCUT2D eigenvalue weighted by molar-refractivity contribution is -0.121. The minimum absolute atomic E-state index is 0.0452. The lowest BCUT2D eigenvalue weighted by Gasteiger charge is -2.10. The molecule has 0 saturated heterocycles. The molecule has 0 fully saturated rings. The number of carbonyl (C=O) groups excluding carboxylic acids is 1. The molecule has 0 saturated carbocycles. The minimum Gasteiger partial charge on any atom is -0.355 e. The van der Waals surface area contributed by atoms with Crippen LogP contribution in [0, 0.1) is 13.8 Å². The summed E-state index contributed by atoms with van der Waals surface area (Å²) in [5, 5.41) is 7.49. The van der Waals surface area contributed by atoms with Crippen molar-refractivity contribution in [2.75, 3.05) is 6.54 Å². The number of nitrogens with zero attached hydrogens (tertiary/aromatic N) is 4. The van der Waals surface area contributed by atoms with Crippen molar-refractivity contribution in [1.82, 2.24) is 24.6 Å². The summed E-state index contributed by atoms with van der Waals surface area (Å²) in [7, 11) is 0. The van der Waals surface area contributed by atoms with E-state index in [2.05, 4.69) is 15.4 Å². The number of rotatable bonds is 5. The molecule has 0 unspecified atom stereocenters. The second kappa shape index (κ2) is 6.88. The predicted molar refractivity (Wildman–Crippen MR) is 95.9 cm³/mol. The third-order valence-electron chi connectivity index (χ3n) is 4.24. The molecular weight excluding hydrogens is 318 g/mol. The third kappa shape index (κ3) is 3.17. The molecule has 25 heavy (non-hydrogen) atoms. The highest BCUT2D eigenvalue weighted by Crippen LogP contribution is 2.19. The standard InChI is InChI=1S/C18H21N5O2/c1-4-8-19-16(24)10-22-11-20-17-14(18(22)25)9-21-23(17)15-7-5-6-12(2)13(15)3/h5-7,9,11H,4,8,10H2,1-3H3,(H,19,24). The maximum absolute atomic E-state index is 12.6. The molecule has 0 atom stereocenters. The van der Waals surface area contributed by atoms with Gasteiger partial charge in [0.05, 0.1) is 11.9 Å². The molecule has 1 N–H and O–H groups in total.